The average Bonchev–Trinajstić information content (AvgIpc) is 3.32. The lowest BCUT2D eigenvalue weighted by atomic mass is 9.92. The molecule has 1 N–H and O–H groups in total. The number of methoxy groups -OCH3 is 1. The molecule has 1 aliphatic heterocycles. The summed E-state index contributed by atoms with van der Waals surface area (Å²) in [6.45, 7) is 4.18. The molecule has 1 aliphatic carbocycles. The maximum Gasteiger partial charge on any atom is 0.308 e. The minimum atomic E-state index is -1.10. The van der Waals surface area contributed by atoms with E-state index in [9.17, 15) is 14.7 Å². The summed E-state index contributed by atoms with van der Waals surface area (Å²) in [5.41, 5.74) is -1.10. The molecular weight excluding hydrogens is 322 g/mol. The minimum Gasteiger partial charge on any atom is -0.493 e. The molecule has 3 rings (SSSR count). The van der Waals surface area contributed by atoms with Gasteiger partial charge in [-0.05, 0) is 50.7 Å². The highest BCUT2D eigenvalue weighted by Crippen LogP contribution is 2.44. The van der Waals surface area contributed by atoms with Crippen LogP contribution in [-0.2, 0) is 9.59 Å². The van der Waals surface area contributed by atoms with Crippen molar-refractivity contribution in [1.82, 2.24) is 4.90 Å². The number of carbonyl (C=O) groups excluding carboxylic acids is 1. The Kier molecular flexibility index (Phi) is 4.62. The first-order chi connectivity index (χ1) is 11.8. The number of amides is 1. The van der Waals surface area contributed by atoms with Crippen molar-refractivity contribution in [2.45, 2.75) is 32.3 Å². The number of ether oxygens (including phenoxy) is 2. The lowest BCUT2D eigenvalue weighted by Gasteiger charge is -2.30. The summed E-state index contributed by atoms with van der Waals surface area (Å²) in [5.74, 6) is 0.0859. The third kappa shape index (κ3) is 3.57. The number of para-hydroxylation sites is 2. The summed E-state index contributed by atoms with van der Waals surface area (Å²) in [6, 6.07) is 7.18. The second kappa shape index (κ2) is 6.58. The zero-order valence-corrected chi connectivity index (χ0v) is 14.9. The van der Waals surface area contributed by atoms with Crippen molar-refractivity contribution in [1.29, 1.82) is 0 Å². The van der Waals surface area contributed by atoms with Crippen molar-refractivity contribution in [3.05, 3.63) is 24.3 Å². The molecule has 0 unspecified atom stereocenters. The highest BCUT2D eigenvalue weighted by molar-refractivity contribution is 5.86. The van der Waals surface area contributed by atoms with Crippen molar-refractivity contribution in [3.8, 4) is 11.5 Å². The molecule has 136 valence electrons. The third-order valence-electron chi connectivity index (χ3n) is 5.15. The van der Waals surface area contributed by atoms with Crippen molar-refractivity contribution < 1.29 is 24.2 Å². The summed E-state index contributed by atoms with van der Waals surface area (Å²) in [7, 11) is 1.55. The van der Waals surface area contributed by atoms with Crippen LogP contribution in [0, 0.1) is 17.8 Å². The standard InChI is InChI=1S/C19H25NO5/c1-19(2,25-16-7-5-4-6-15(16)24-3)18(23)20-10-13(12-8-9-12)14(11-20)17(21)22/h4-7,12-14H,8-11H2,1-3H3,(H,21,22)/t13-,14+/m0/s1. The van der Waals surface area contributed by atoms with Gasteiger partial charge >= 0.3 is 5.97 Å². The number of benzene rings is 1. The molecule has 6 nitrogen and oxygen atoms in total. The fourth-order valence-corrected chi connectivity index (χ4v) is 3.66. The van der Waals surface area contributed by atoms with E-state index in [-0.39, 0.29) is 18.4 Å². The first kappa shape index (κ1) is 17.6. The monoisotopic (exact) mass is 347 g/mol. The Bertz CT molecular complexity index is 668. The van der Waals surface area contributed by atoms with Gasteiger partial charge in [-0.2, -0.15) is 0 Å². The van der Waals surface area contributed by atoms with Crippen LogP contribution in [0.25, 0.3) is 0 Å². The van der Waals surface area contributed by atoms with E-state index in [0.29, 0.717) is 24.0 Å². The SMILES string of the molecule is COc1ccccc1OC(C)(C)C(=O)N1C[C@@H](C(=O)O)[C@H](C2CC2)C1. The fraction of sp³-hybridized carbons (Fsp3) is 0.579. The lowest BCUT2D eigenvalue weighted by Crippen LogP contribution is -2.48. The third-order valence-corrected chi connectivity index (χ3v) is 5.15. The fourth-order valence-electron chi connectivity index (χ4n) is 3.66. The van der Waals surface area contributed by atoms with Gasteiger partial charge in [0.15, 0.2) is 17.1 Å². The summed E-state index contributed by atoms with van der Waals surface area (Å²) in [5, 5.41) is 9.48. The zero-order valence-electron chi connectivity index (χ0n) is 14.9. The Morgan fingerprint density at radius 1 is 1.16 bits per heavy atom. The highest BCUT2D eigenvalue weighted by Gasteiger charge is 2.49. The van der Waals surface area contributed by atoms with E-state index in [1.165, 1.54) is 0 Å². The van der Waals surface area contributed by atoms with Crippen molar-refractivity contribution in [2.75, 3.05) is 20.2 Å². The van der Waals surface area contributed by atoms with Gasteiger partial charge in [0, 0.05) is 13.1 Å². The number of hydrogen-bond acceptors (Lipinski definition) is 4. The van der Waals surface area contributed by atoms with Gasteiger partial charge in [0.2, 0.25) is 0 Å². The molecule has 1 heterocycles. The Morgan fingerprint density at radius 3 is 2.36 bits per heavy atom. The van der Waals surface area contributed by atoms with Crippen LogP contribution >= 0.6 is 0 Å². The van der Waals surface area contributed by atoms with Crippen LogP contribution in [0.5, 0.6) is 11.5 Å². The van der Waals surface area contributed by atoms with Crippen LogP contribution < -0.4 is 9.47 Å². The largest absolute Gasteiger partial charge is 0.493 e. The second-order valence-corrected chi connectivity index (χ2v) is 7.42. The highest BCUT2D eigenvalue weighted by atomic mass is 16.5. The summed E-state index contributed by atoms with van der Waals surface area (Å²) >= 11 is 0. The smallest absolute Gasteiger partial charge is 0.308 e. The molecule has 1 aromatic rings. The summed E-state index contributed by atoms with van der Waals surface area (Å²) in [4.78, 5) is 26.2. The first-order valence-corrected chi connectivity index (χ1v) is 8.67. The minimum absolute atomic E-state index is 0.0588. The first-order valence-electron chi connectivity index (χ1n) is 8.67. The van der Waals surface area contributed by atoms with E-state index >= 15 is 0 Å². The summed E-state index contributed by atoms with van der Waals surface area (Å²) < 4.78 is 11.2. The Hall–Kier alpha value is -2.24. The number of likely N-dealkylation sites (tertiary alicyclic amines) is 1. The number of rotatable bonds is 6. The molecular formula is C19H25NO5. The zero-order chi connectivity index (χ0) is 18.2. The molecule has 2 fully saturated rings. The lowest BCUT2D eigenvalue weighted by molar-refractivity contribution is -0.145. The molecule has 0 aromatic heterocycles. The van der Waals surface area contributed by atoms with Crippen LogP contribution in [0.4, 0.5) is 0 Å². The topological polar surface area (TPSA) is 76.1 Å². The van der Waals surface area contributed by atoms with Gasteiger partial charge in [-0.1, -0.05) is 12.1 Å². The van der Waals surface area contributed by atoms with Crippen LogP contribution in [0.1, 0.15) is 26.7 Å². The second-order valence-electron chi connectivity index (χ2n) is 7.42. The van der Waals surface area contributed by atoms with E-state index in [2.05, 4.69) is 0 Å². The number of hydrogen-bond donors (Lipinski definition) is 1. The van der Waals surface area contributed by atoms with E-state index < -0.39 is 17.5 Å². The van der Waals surface area contributed by atoms with Gasteiger partial charge in [-0.15, -0.1) is 0 Å². The van der Waals surface area contributed by atoms with Crippen LogP contribution in [0.2, 0.25) is 0 Å². The molecule has 0 radical (unpaired) electrons. The van der Waals surface area contributed by atoms with Crippen molar-refractivity contribution in [3.63, 3.8) is 0 Å². The molecule has 0 spiro atoms. The Balaban J connectivity index is 1.74. The molecule has 25 heavy (non-hydrogen) atoms. The van der Waals surface area contributed by atoms with Crippen LogP contribution in [-0.4, -0.2) is 47.7 Å². The van der Waals surface area contributed by atoms with E-state index in [1.54, 1.807) is 38.0 Å². The molecule has 1 amide bonds. The van der Waals surface area contributed by atoms with Crippen molar-refractivity contribution in [2.24, 2.45) is 17.8 Å². The predicted molar refractivity (Wildman–Crippen MR) is 91.6 cm³/mol. The van der Waals surface area contributed by atoms with E-state index in [4.69, 9.17) is 9.47 Å². The number of aliphatic carboxylic acids is 1. The van der Waals surface area contributed by atoms with Crippen LogP contribution in [0.3, 0.4) is 0 Å². The molecule has 6 heteroatoms. The van der Waals surface area contributed by atoms with Gasteiger partial charge in [-0.25, -0.2) is 0 Å². The quantitative estimate of drug-likeness (QED) is 0.855. The van der Waals surface area contributed by atoms with Gasteiger partial charge in [0.05, 0.1) is 13.0 Å². The molecule has 1 saturated heterocycles. The Labute approximate surface area is 147 Å². The maximum absolute atomic E-state index is 13.0. The maximum atomic E-state index is 13.0. The van der Waals surface area contributed by atoms with Gasteiger partial charge < -0.3 is 19.5 Å². The van der Waals surface area contributed by atoms with Gasteiger partial charge in [-0.3, -0.25) is 9.59 Å². The number of nitrogens with zero attached hydrogens (tertiary/aromatic N) is 1. The normalized spacial score (nSPS) is 23.4. The summed E-state index contributed by atoms with van der Waals surface area (Å²) in [6.07, 6.45) is 2.13. The van der Waals surface area contributed by atoms with Gasteiger partial charge in [0.1, 0.15) is 0 Å². The van der Waals surface area contributed by atoms with E-state index in [1.807, 2.05) is 12.1 Å². The number of carbonyl (C=O) groups is 2. The number of carboxylic acids is 1. The van der Waals surface area contributed by atoms with Crippen LogP contribution in [0.15, 0.2) is 24.3 Å². The van der Waals surface area contributed by atoms with Gasteiger partial charge in [0.25, 0.3) is 5.91 Å². The molecule has 1 saturated carbocycles. The molecule has 2 atom stereocenters. The number of carboxylic acid groups (broad SMARTS) is 1. The average molecular weight is 347 g/mol. The van der Waals surface area contributed by atoms with Crippen molar-refractivity contribution >= 4 is 11.9 Å². The molecule has 0 bridgehead atoms. The Morgan fingerprint density at radius 2 is 1.80 bits per heavy atom. The van der Waals surface area contributed by atoms with E-state index in [0.717, 1.165) is 12.8 Å². The molecule has 1 aromatic carbocycles. The molecule has 2 aliphatic rings. The predicted octanol–water partition coefficient (Wildman–Crippen LogP) is 2.42.